The first-order valence-electron chi connectivity index (χ1n) is 7.90. The Morgan fingerprint density at radius 2 is 2.00 bits per heavy atom. The lowest BCUT2D eigenvalue weighted by atomic mass is 10.1. The second-order valence-corrected chi connectivity index (χ2v) is 8.30. The summed E-state index contributed by atoms with van der Waals surface area (Å²) in [7, 11) is -2.87. The number of guanidine groups is 1. The van der Waals surface area contributed by atoms with E-state index in [0.717, 1.165) is 12.4 Å². The van der Waals surface area contributed by atoms with Gasteiger partial charge in [0.05, 0.1) is 11.5 Å². The molecule has 3 atom stereocenters. The molecule has 1 heterocycles. The maximum absolute atomic E-state index is 11.6. The number of rotatable bonds is 4. The number of hydrogen-bond acceptors (Lipinski definition) is 3. The van der Waals surface area contributed by atoms with Crippen LogP contribution in [-0.2, 0) is 9.84 Å². The minimum absolute atomic E-state index is 0. The van der Waals surface area contributed by atoms with Crippen molar-refractivity contribution in [1.82, 2.24) is 10.6 Å². The van der Waals surface area contributed by atoms with Crippen molar-refractivity contribution in [2.75, 3.05) is 18.1 Å². The van der Waals surface area contributed by atoms with Crippen LogP contribution in [0.3, 0.4) is 0 Å². The molecule has 3 rings (SSSR count). The molecule has 0 amide bonds. The van der Waals surface area contributed by atoms with E-state index in [2.05, 4.69) is 39.9 Å². The van der Waals surface area contributed by atoms with Crippen molar-refractivity contribution < 1.29 is 8.42 Å². The predicted molar refractivity (Wildman–Crippen MR) is 104 cm³/mol. The van der Waals surface area contributed by atoms with Gasteiger partial charge in [-0.2, -0.15) is 0 Å². The third kappa shape index (κ3) is 5.07. The Balaban J connectivity index is 0.00000192. The summed E-state index contributed by atoms with van der Waals surface area (Å²) in [6.45, 7) is 2.66. The zero-order valence-electron chi connectivity index (χ0n) is 13.2. The predicted octanol–water partition coefficient (Wildman–Crippen LogP) is 1.90. The van der Waals surface area contributed by atoms with Crippen molar-refractivity contribution in [2.24, 2.45) is 4.99 Å². The van der Waals surface area contributed by atoms with E-state index in [1.807, 2.05) is 13.0 Å². The van der Waals surface area contributed by atoms with Crippen molar-refractivity contribution in [1.29, 1.82) is 0 Å². The molecule has 1 aliphatic carbocycles. The van der Waals surface area contributed by atoms with E-state index in [1.54, 1.807) is 0 Å². The highest BCUT2D eigenvalue weighted by molar-refractivity contribution is 14.0. The normalized spacial score (nSPS) is 28.7. The van der Waals surface area contributed by atoms with E-state index in [4.69, 9.17) is 0 Å². The van der Waals surface area contributed by atoms with Gasteiger partial charge in [0.2, 0.25) is 0 Å². The van der Waals surface area contributed by atoms with Crippen molar-refractivity contribution >= 4 is 39.8 Å². The van der Waals surface area contributed by atoms with Crippen LogP contribution in [0.5, 0.6) is 0 Å². The topological polar surface area (TPSA) is 70.6 Å². The molecule has 2 aliphatic rings. The van der Waals surface area contributed by atoms with E-state index in [1.165, 1.54) is 5.56 Å². The molecule has 0 radical (unpaired) electrons. The number of nitrogens with zero attached hydrogens (tertiary/aromatic N) is 1. The monoisotopic (exact) mass is 449 g/mol. The van der Waals surface area contributed by atoms with Crippen LogP contribution in [-0.4, -0.2) is 44.5 Å². The van der Waals surface area contributed by atoms with Gasteiger partial charge in [0.25, 0.3) is 0 Å². The fourth-order valence-corrected chi connectivity index (χ4v) is 4.67. The summed E-state index contributed by atoms with van der Waals surface area (Å²) >= 11 is 0. The summed E-state index contributed by atoms with van der Waals surface area (Å²) in [6, 6.07) is 10.8. The van der Waals surface area contributed by atoms with Gasteiger partial charge in [-0.15, -0.1) is 24.0 Å². The maximum atomic E-state index is 11.6. The highest BCUT2D eigenvalue weighted by Crippen LogP contribution is 2.40. The molecule has 0 bridgehead atoms. The van der Waals surface area contributed by atoms with Gasteiger partial charge in [-0.05, 0) is 25.3 Å². The summed E-state index contributed by atoms with van der Waals surface area (Å²) in [5, 5.41) is 6.71. The van der Waals surface area contributed by atoms with Crippen molar-refractivity contribution in [3.8, 4) is 0 Å². The van der Waals surface area contributed by atoms with Crippen LogP contribution in [0.15, 0.2) is 35.3 Å². The number of sulfone groups is 1. The first kappa shape index (κ1) is 18.5. The number of aliphatic imine (C=N–C) groups is 1. The maximum Gasteiger partial charge on any atom is 0.191 e. The Labute approximate surface area is 155 Å². The van der Waals surface area contributed by atoms with Gasteiger partial charge < -0.3 is 10.6 Å². The van der Waals surface area contributed by atoms with Crippen LogP contribution in [0, 0.1) is 0 Å². The lowest BCUT2D eigenvalue weighted by molar-refractivity contribution is 0.599. The SMILES string of the molecule is CCN=C(NC1CCS(=O)(=O)C1)NC1CC1c1ccccc1.I. The zero-order chi connectivity index (χ0) is 15.6. The fraction of sp³-hybridized carbons (Fsp3) is 0.562. The Kier molecular flexibility index (Phi) is 6.30. The number of halogens is 1. The largest absolute Gasteiger partial charge is 0.353 e. The van der Waals surface area contributed by atoms with Gasteiger partial charge in [-0.1, -0.05) is 30.3 Å². The van der Waals surface area contributed by atoms with Crippen molar-refractivity contribution in [3.05, 3.63) is 35.9 Å². The Hall–Kier alpha value is -0.830. The molecule has 2 fully saturated rings. The highest BCUT2D eigenvalue weighted by Gasteiger charge is 2.39. The fourth-order valence-electron chi connectivity index (χ4n) is 2.99. The van der Waals surface area contributed by atoms with Crippen LogP contribution < -0.4 is 10.6 Å². The molecule has 1 saturated carbocycles. The quantitative estimate of drug-likeness (QED) is 0.419. The van der Waals surface area contributed by atoms with E-state index >= 15 is 0 Å². The number of benzene rings is 1. The van der Waals surface area contributed by atoms with Gasteiger partial charge >= 0.3 is 0 Å². The third-order valence-corrected chi connectivity index (χ3v) is 6.00. The van der Waals surface area contributed by atoms with E-state index in [9.17, 15) is 8.42 Å². The second kappa shape index (κ2) is 7.83. The molecule has 0 aromatic heterocycles. The highest BCUT2D eigenvalue weighted by atomic mass is 127. The molecule has 0 spiro atoms. The van der Waals surface area contributed by atoms with E-state index in [-0.39, 0.29) is 41.5 Å². The average Bonchev–Trinajstić information content (AvgIpc) is 3.17. The number of nitrogens with one attached hydrogen (secondary N) is 2. The van der Waals surface area contributed by atoms with Crippen LogP contribution >= 0.6 is 24.0 Å². The molecule has 2 N–H and O–H groups in total. The smallest absolute Gasteiger partial charge is 0.191 e. The van der Waals surface area contributed by atoms with Gasteiger partial charge in [-0.3, -0.25) is 4.99 Å². The molecular formula is C16H24IN3O2S. The minimum Gasteiger partial charge on any atom is -0.353 e. The summed E-state index contributed by atoms with van der Waals surface area (Å²) in [5.74, 6) is 1.76. The molecule has 1 aromatic rings. The first-order chi connectivity index (χ1) is 10.6. The molecule has 7 heteroatoms. The average molecular weight is 449 g/mol. The minimum atomic E-state index is -2.87. The first-order valence-corrected chi connectivity index (χ1v) is 9.72. The lowest BCUT2D eigenvalue weighted by Gasteiger charge is -2.16. The van der Waals surface area contributed by atoms with E-state index in [0.29, 0.717) is 24.9 Å². The van der Waals surface area contributed by atoms with Crippen LogP contribution in [0.25, 0.3) is 0 Å². The summed E-state index contributed by atoms with van der Waals surface area (Å²) in [5.41, 5.74) is 1.35. The third-order valence-electron chi connectivity index (χ3n) is 4.23. The summed E-state index contributed by atoms with van der Waals surface area (Å²) in [4.78, 5) is 4.44. The molecular weight excluding hydrogens is 425 g/mol. The van der Waals surface area contributed by atoms with Crippen molar-refractivity contribution in [2.45, 2.75) is 37.8 Å². The Morgan fingerprint density at radius 3 is 2.61 bits per heavy atom. The van der Waals surface area contributed by atoms with Crippen molar-refractivity contribution in [3.63, 3.8) is 0 Å². The lowest BCUT2D eigenvalue weighted by Crippen LogP contribution is -2.45. The molecule has 128 valence electrons. The molecule has 5 nitrogen and oxygen atoms in total. The Morgan fingerprint density at radius 1 is 1.26 bits per heavy atom. The molecule has 1 aromatic carbocycles. The van der Waals surface area contributed by atoms with Gasteiger partial charge in [0.1, 0.15) is 0 Å². The summed E-state index contributed by atoms with van der Waals surface area (Å²) < 4.78 is 23.1. The molecule has 3 unspecified atom stereocenters. The second-order valence-electron chi connectivity index (χ2n) is 6.07. The zero-order valence-corrected chi connectivity index (χ0v) is 16.4. The number of hydrogen-bond donors (Lipinski definition) is 2. The van der Waals surface area contributed by atoms with Crippen LogP contribution in [0.1, 0.15) is 31.2 Å². The van der Waals surface area contributed by atoms with Gasteiger partial charge in [0.15, 0.2) is 15.8 Å². The standard InChI is InChI=1S/C16H23N3O2S.HI/c1-2-17-16(18-13-8-9-22(20,21)11-13)19-15-10-14(15)12-6-4-3-5-7-12;/h3-7,13-15H,2,8-11H2,1H3,(H2,17,18,19);1H. The molecule has 1 saturated heterocycles. The van der Waals surface area contributed by atoms with Gasteiger partial charge in [0, 0.05) is 24.5 Å². The van der Waals surface area contributed by atoms with Gasteiger partial charge in [-0.25, -0.2) is 8.42 Å². The van der Waals surface area contributed by atoms with E-state index < -0.39 is 9.84 Å². The summed E-state index contributed by atoms with van der Waals surface area (Å²) in [6.07, 6.45) is 1.76. The Bertz CT molecular complexity index is 649. The van der Waals surface area contributed by atoms with Crippen LogP contribution in [0.4, 0.5) is 0 Å². The van der Waals surface area contributed by atoms with Crippen LogP contribution in [0.2, 0.25) is 0 Å². The molecule has 23 heavy (non-hydrogen) atoms. The molecule has 1 aliphatic heterocycles.